The van der Waals surface area contributed by atoms with Crippen LogP contribution in [0.25, 0.3) is 0 Å². The Bertz CT molecular complexity index is 1000. The summed E-state index contributed by atoms with van der Waals surface area (Å²) in [6.45, 7) is 1.94. The Morgan fingerprint density at radius 3 is 2.23 bits per heavy atom. The lowest BCUT2D eigenvalue weighted by Crippen LogP contribution is -2.13. The lowest BCUT2D eigenvalue weighted by Gasteiger charge is -2.08. The van der Waals surface area contributed by atoms with Gasteiger partial charge in [-0.3, -0.25) is 4.72 Å². The van der Waals surface area contributed by atoms with Crippen molar-refractivity contribution < 1.29 is 17.2 Å². The normalized spacial score (nSPS) is 11.3. The lowest BCUT2D eigenvalue weighted by molar-refractivity contribution is 0.590. The van der Waals surface area contributed by atoms with Crippen molar-refractivity contribution in [1.82, 2.24) is 10.2 Å². The third kappa shape index (κ3) is 3.97. The van der Waals surface area contributed by atoms with Crippen LogP contribution in [0.3, 0.4) is 0 Å². The van der Waals surface area contributed by atoms with Crippen LogP contribution in [0.4, 0.5) is 26.1 Å². The fourth-order valence-corrected chi connectivity index (χ4v) is 4.37. The molecule has 6 nitrogen and oxygen atoms in total. The Labute approximate surface area is 153 Å². The van der Waals surface area contributed by atoms with Crippen molar-refractivity contribution >= 4 is 38.7 Å². The number of sulfonamides is 1. The Morgan fingerprint density at radius 2 is 1.65 bits per heavy atom. The van der Waals surface area contributed by atoms with Crippen LogP contribution in [0.2, 0.25) is 0 Å². The van der Waals surface area contributed by atoms with Gasteiger partial charge in [-0.1, -0.05) is 13.0 Å². The predicted molar refractivity (Wildman–Crippen MR) is 96.2 cm³/mol. The summed E-state index contributed by atoms with van der Waals surface area (Å²) in [7, 11) is -3.76. The SMILES string of the molecule is CCc1ccc(S(=O)(=O)Nc2ccc(Nc3c(F)cccc3F)nn2)s1. The summed E-state index contributed by atoms with van der Waals surface area (Å²) in [5, 5.41) is 9.94. The minimum atomic E-state index is -3.76. The van der Waals surface area contributed by atoms with Crippen LogP contribution in [-0.2, 0) is 16.4 Å². The second kappa shape index (κ2) is 7.34. The molecule has 0 aliphatic heterocycles. The van der Waals surface area contributed by atoms with Crippen LogP contribution in [-0.4, -0.2) is 18.6 Å². The number of anilines is 3. The van der Waals surface area contributed by atoms with Crippen LogP contribution in [0.5, 0.6) is 0 Å². The van der Waals surface area contributed by atoms with Gasteiger partial charge in [-0.25, -0.2) is 17.2 Å². The van der Waals surface area contributed by atoms with Gasteiger partial charge in [0, 0.05) is 4.88 Å². The summed E-state index contributed by atoms with van der Waals surface area (Å²) in [4.78, 5) is 0.947. The number of thiophene rings is 1. The van der Waals surface area contributed by atoms with Crippen LogP contribution >= 0.6 is 11.3 Å². The molecule has 0 atom stereocenters. The molecule has 2 N–H and O–H groups in total. The molecule has 10 heteroatoms. The first-order valence-electron chi connectivity index (χ1n) is 7.55. The van der Waals surface area contributed by atoms with Gasteiger partial charge in [0.2, 0.25) is 0 Å². The van der Waals surface area contributed by atoms with Gasteiger partial charge in [0.05, 0.1) is 0 Å². The molecule has 2 aromatic heterocycles. The third-order valence-electron chi connectivity index (χ3n) is 3.37. The number of halogens is 2. The average Bonchev–Trinajstić information content (AvgIpc) is 3.10. The molecular weight excluding hydrogens is 382 g/mol. The van der Waals surface area contributed by atoms with Gasteiger partial charge in [-0.2, -0.15) is 0 Å². The summed E-state index contributed by atoms with van der Waals surface area (Å²) in [5.74, 6) is -1.49. The van der Waals surface area contributed by atoms with E-state index in [4.69, 9.17) is 0 Å². The van der Waals surface area contributed by atoms with E-state index in [9.17, 15) is 17.2 Å². The van der Waals surface area contributed by atoms with Crippen molar-refractivity contribution in [3.8, 4) is 0 Å². The molecule has 136 valence electrons. The number of benzene rings is 1. The molecule has 0 unspecified atom stereocenters. The first-order chi connectivity index (χ1) is 12.4. The molecule has 0 aliphatic carbocycles. The van der Waals surface area contributed by atoms with E-state index in [1.807, 2.05) is 6.92 Å². The van der Waals surface area contributed by atoms with E-state index in [0.717, 1.165) is 23.4 Å². The fraction of sp³-hybridized carbons (Fsp3) is 0.125. The highest BCUT2D eigenvalue weighted by Gasteiger charge is 2.18. The van der Waals surface area contributed by atoms with Crippen molar-refractivity contribution in [1.29, 1.82) is 0 Å². The first kappa shape index (κ1) is 18.2. The number of nitrogens with one attached hydrogen (secondary N) is 2. The fourth-order valence-electron chi connectivity index (χ4n) is 2.08. The maximum absolute atomic E-state index is 13.6. The second-order valence-electron chi connectivity index (χ2n) is 5.21. The van der Waals surface area contributed by atoms with E-state index in [1.165, 1.54) is 35.6 Å². The highest BCUT2D eigenvalue weighted by Crippen LogP contribution is 2.25. The molecule has 2 heterocycles. The predicted octanol–water partition coefficient (Wildman–Crippen LogP) is 3.92. The minimum absolute atomic E-state index is 0.00370. The molecule has 0 amide bonds. The number of para-hydroxylation sites is 1. The smallest absolute Gasteiger partial charge is 0.272 e. The van der Waals surface area contributed by atoms with Crippen molar-refractivity contribution in [2.45, 2.75) is 17.6 Å². The Hall–Kier alpha value is -2.59. The van der Waals surface area contributed by atoms with Gasteiger partial charge >= 0.3 is 0 Å². The summed E-state index contributed by atoms with van der Waals surface area (Å²) in [6.07, 6.45) is 0.743. The molecular formula is C16H14F2N4O2S2. The van der Waals surface area contributed by atoms with E-state index < -0.39 is 21.7 Å². The molecule has 3 rings (SSSR count). The maximum atomic E-state index is 13.6. The molecule has 26 heavy (non-hydrogen) atoms. The van der Waals surface area contributed by atoms with Gasteiger partial charge in [0.15, 0.2) is 11.6 Å². The topological polar surface area (TPSA) is 84.0 Å². The van der Waals surface area contributed by atoms with Gasteiger partial charge < -0.3 is 5.32 Å². The molecule has 0 fully saturated rings. The highest BCUT2D eigenvalue weighted by molar-refractivity contribution is 7.94. The van der Waals surface area contributed by atoms with Crippen LogP contribution < -0.4 is 10.0 Å². The standard InChI is InChI=1S/C16H14F2N4O2S2/c1-2-10-6-9-15(25-10)26(23,24)22-14-8-7-13(20-21-14)19-16-11(17)4-3-5-12(16)18/h3-9H,2H2,1H3,(H,19,20)(H,21,22). The summed E-state index contributed by atoms with van der Waals surface area (Å²) in [5.41, 5.74) is -0.360. The number of aryl methyl sites for hydroxylation is 1. The Kier molecular flexibility index (Phi) is 5.14. The van der Waals surface area contributed by atoms with Gasteiger partial charge in [-0.15, -0.1) is 21.5 Å². The van der Waals surface area contributed by atoms with E-state index in [2.05, 4.69) is 20.2 Å². The Morgan fingerprint density at radius 1 is 1.00 bits per heavy atom. The highest BCUT2D eigenvalue weighted by atomic mass is 32.2. The van der Waals surface area contributed by atoms with Gasteiger partial charge in [0.1, 0.15) is 21.5 Å². The number of hydrogen-bond donors (Lipinski definition) is 2. The van der Waals surface area contributed by atoms with Crippen molar-refractivity contribution in [2.75, 3.05) is 10.0 Å². The van der Waals surface area contributed by atoms with E-state index >= 15 is 0 Å². The maximum Gasteiger partial charge on any atom is 0.272 e. The lowest BCUT2D eigenvalue weighted by atomic mass is 10.3. The third-order valence-corrected chi connectivity index (χ3v) is 6.45. The van der Waals surface area contributed by atoms with Crippen LogP contribution in [0, 0.1) is 11.6 Å². The minimum Gasteiger partial charge on any atom is -0.334 e. The second-order valence-corrected chi connectivity index (χ2v) is 8.28. The van der Waals surface area contributed by atoms with Gasteiger partial charge in [0.25, 0.3) is 10.0 Å². The zero-order valence-corrected chi connectivity index (χ0v) is 15.2. The molecule has 0 aliphatic rings. The molecule has 3 aromatic rings. The first-order valence-corrected chi connectivity index (χ1v) is 9.85. The van der Waals surface area contributed by atoms with Gasteiger partial charge in [-0.05, 0) is 42.8 Å². The Balaban J connectivity index is 1.75. The molecule has 1 aromatic carbocycles. The van der Waals surface area contributed by atoms with Crippen molar-refractivity contribution in [3.05, 3.63) is 59.0 Å². The number of rotatable bonds is 6. The zero-order chi connectivity index (χ0) is 18.7. The molecule has 0 radical (unpaired) electrons. The van der Waals surface area contributed by atoms with Crippen molar-refractivity contribution in [3.63, 3.8) is 0 Å². The molecule has 0 bridgehead atoms. The quantitative estimate of drug-likeness (QED) is 0.660. The largest absolute Gasteiger partial charge is 0.334 e. The van der Waals surface area contributed by atoms with Crippen LogP contribution in [0.1, 0.15) is 11.8 Å². The number of hydrogen-bond acceptors (Lipinski definition) is 6. The monoisotopic (exact) mass is 396 g/mol. The number of aromatic nitrogens is 2. The van der Waals surface area contributed by atoms with E-state index in [0.29, 0.717) is 0 Å². The zero-order valence-electron chi connectivity index (χ0n) is 13.5. The average molecular weight is 396 g/mol. The van der Waals surface area contributed by atoms with Crippen LogP contribution in [0.15, 0.2) is 46.7 Å². The summed E-state index contributed by atoms with van der Waals surface area (Å²) in [6, 6.07) is 9.44. The van der Waals surface area contributed by atoms with Crippen molar-refractivity contribution in [2.24, 2.45) is 0 Å². The summed E-state index contributed by atoms with van der Waals surface area (Å²) < 4.78 is 54.3. The summed E-state index contributed by atoms with van der Waals surface area (Å²) >= 11 is 1.17. The molecule has 0 saturated heterocycles. The number of nitrogens with zero attached hydrogens (tertiary/aromatic N) is 2. The molecule has 0 saturated carbocycles. The molecule has 0 spiro atoms. The van der Waals surface area contributed by atoms with E-state index in [-0.39, 0.29) is 21.5 Å². The van der Waals surface area contributed by atoms with E-state index in [1.54, 1.807) is 6.07 Å².